The summed E-state index contributed by atoms with van der Waals surface area (Å²) in [5.74, 6) is 1.26. The molecule has 1 aliphatic rings. The van der Waals surface area contributed by atoms with Crippen molar-refractivity contribution in [1.82, 2.24) is 20.0 Å². The average Bonchev–Trinajstić information content (AvgIpc) is 3.11. The second-order valence-electron chi connectivity index (χ2n) is 6.64. The number of rotatable bonds is 5. The van der Waals surface area contributed by atoms with Crippen molar-refractivity contribution < 1.29 is 9.53 Å². The van der Waals surface area contributed by atoms with E-state index in [2.05, 4.69) is 10.4 Å². The lowest BCUT2D eigenvalue weighted by Gasteiger charge is -2.32. The lowest BCUT2D eigenvalue weighted by atomic mass is 9.98. The molecule has 26 heavy (non-hydrogen) atoms. The molecule has 1 aromatic heterocycles. The van der Waals surface area contributed by atoms with Crippen molar-refractivity contribution in [3.05, 3.63) is 41.7 Å². The summed E-state index contributed by atoms with van der Waals surface area (Å²) in [6, 6.07) is 7.70. The van der Waals surface area contributed by atoms with Crippen molar-refractivity contribution in [2.45, 2.75) is 19.8 Å². The fraction of sp³-hybridized carbons (Fsp3) is 0.474. The lowest BCUT2D eigenvalue weighted by Crippen LogP contribution is -2.42. The number of carbonyl (C=O) groups excluding carboxylic acids is 1. The van der Waals surface area contributed by atoms with Crippen LogP contribution in [0.25, 0.3) is 5.69 Å². The summed E-state index contributed by atoms with van der Waals surface area (Å²) in [4.78, 5) is 14.7. The molecule has 0 radical (unpaired) electrons. The van der Waals surface area contributed by atoms with Crippen molar-refractivity contribution in [2.75, 3.05) is 33.8 Å². The van der Waals surface area contributed by atoms with Crippen LogP contribution < -0.4 is 10.1 Å². The summed E-state index contributed by atoms with van der Waals surface area (Å²) in [5, 5.41) is 7.71. The number of nitrogens with one attached hydrogen (secondary N) is 1. The lowest BCUT2D eigenvalue weighted by molar-refractivity contribution is 0.0668. The highest BCUT2D eigenvalue weighted by Crippen LogP contribution is 2.24. The van der Waals surface area contributed by atoms with Gasteiger partial charge >= 0.3 is 0 Å². The number of amides is 1. The number of benzene rings is 1. The maximum Gasteiger partial charge on any atom is 0.274 e. The van der Waals surface area contributed by atoms with Gasteiger partial charge in [0, 0.05) is 19.3 Å². The molecule has 0 aliphatic carbocycles. The number of nitrogens with zero attached hydrogens (tertiary/aromatic N) is 3. The zero-order chi connectivity index (χ0) is 17.8. The van der Waals surface area contributed by atoms with Crippen LogP contribution in [-0.4, -0.2) is 54.4 Å². The van der Waals surface area contributed by atoms with Crippen LogP contribution in [0.5, 0.6) is 5.75 Å². The second-order valence-corrected chi connectivity index (χ2v) is 6.64. The highest BCUT2D eigenvalue weighted by molar-refractivity contribution is 5.92. The van der Waals surface area contributed by atoms with Gasteiger partial charge in [-0.15, -0.1) is 12.4 Å². The summed E-state index contributed by atoms with van der Waals surface area (Å²) >= 11 is 0. The molecular formula is C19H27ClN4O2. The topological polar surface area (TPSA) is 59.4 Å². The van der Waals surface area contributed by atoms with Crippen molar-refractivity contribution in [1.29, 1.82) is 0 Å². The number of methoxy groups -OCH3 is 1. The van der Waals surface area contributed by atoms with Gasteiger partial charge < -0.3 is 15.0 Å². The summed E-state index contributed by atoms with van der Waals surface area (Å²) in [6.07, 6.45) is 4.03. The molecule has 6 nitrogen and oxygen atoms in total. The molecular weight excluding hydrogens is 352 g/mol. The van der Waals surface area contributed by atoms with Crippen LogP contribution in [0.2, 0.25) is 0 Å². The highest BCUT2D eigenvalue weighted by atomic mass is 35.5. The molecule has 0 saturated carbocycles. The Labute approximate surface area is 160 Å². The number of halogens is 1. The van der Waals surface area contributed by atoms with Crippen LogP contribution in [0, 0.1) is 12.8 Å². The van der Waals surface area contributed by atoms with E-state index in [-0.39, 0.29) is 18.3 Å². The third kappa shape index (κ3) is 4.37. The molecule has 7 heteroatoms. The van der Waals surface area contributed by atoms with E-state index in [1.807, 2.05) is 43.3 Å². The normalized spacial score (nSPS) is 16.9. The van der Waals surface area contributed by atoms with Crippen LogP contribution in [-0.2, 0) is 0 Å². The van der Waals surface area contributed by atoms with Gasteiger partial charge in [-0.25, -0.2) is 4.68 Å². The molecule has 0 spiro atoms. The number of aromatic nitrogens is 2. The van der Waals surface area contributed by atoms with Gasteiger partial charge in [0.1, 0.15) is 11.4 Å². The third-order valence-corrected chi connectivity index (χ3v) is 4.69. The predicted octanol–water partition coefficient (Wildman–Crippen LogP) is 2.68. The van der Waals surface area contributed by atoms with E-state index < -0.39 is 0 Å². The van der Waals surface area contributed by atoms with Crippen molar-refractivity contribution in [3.63, 3.8) is 0 Å². The second kappa shape index (κ2) is 9.05. The Bertz CT molecular complexity index is 745. The maximum absolute atomic E-state index is 12.8. The number of hydrogen-bond acceptors (Lipinski definition) is 4. The van der Waals surface area contributed by atoms with Crippen LogP contribution >= 0.6 is 12.4 Å². The minimum absolute atomic E-state index is 0. The number of carbonyl (C=O) groups is 1. The van der Waals surface area contributed by atoms with E-state index in [9.17, 15) is 4.79 Å². The number of likely N-dealkylation sites (tertiary alicyclic amines) is 1. The fourth-order valence-corrected chi connectivity index (χ4v) is 3.42. The van der Waals surface area contributed by atoms with E-state index in [0.29, 0.717) is 11.6 Å². The average molecular weight is 379 g/mol. The fourth-order valence-electron chi connectivity index (χ4n) is 3.42. The van der Waals surface area contributed by atoms with Gasteiger partial charge in [0.2, 0.25) is 0 Å². The molecule has 142 valence electrons. The van der Waals surface area contributed by atoms with Gasteiger partial charge in [-0.2, -0.15) is 5.10 Å². The number of hydrogen-bond donors (Lipinski definition) is 1. The molecule has 1 aromatic carbocycles. The minimum atomic E-state index is 0. The Morgan fingerprint density at radius 3 is 2.92 bits per heavy atom. The number of ether oxygens (including phenoxy) is 1. The molecule has 1 aliphatic heterocycles. The Hall–Kier alpha value is -2.05. The summed E-state index contributed by atoms with van der Waals surface area (Å²) in [7, 11) is 3.59. The summed E-state index contributed by atoms with van der Waals surface area (Å²) in [6.45, 7) is 4.56. The molecule has 2 aromatic rings. The Morgan fingerprint density at radius 2 is 2.19 bits per heavy atom. The Balaban J connectivity index is 0.00000243. The first-order valence-electron chi connectivity index (χ1n) is 8.77. The van der Waals surface area contributed by atoms with Crippen molar-refractivity contribution in [2.24, 2.45) is 5.92 Å². The molecule has 1 N–H and O–H groups in total. The zero-order valence-corrected chi connectivity index (χ0v) is 16.4. The maximum atomic E-state index is 12.8. The SMILES string of the molecule is CNCC1CCCN(C(=O)c2ccn(-c3cc(C)ccc3OC)n2)C1.Cl. The molecule has 2 heterocycles. The van der Waals surface area contributed by atoms with Gasteiger partial charge in [0.15, 0.2) is 5.69 Å². The van der Waals surface area contributed by atoms with Crippen LogP contribution in [0.1, 0.15) is 28.9 Å². The highest BCUT2D eigenvalue weighted by Gasteiger charge is 2.25. The Morgan fingerprint density at radius 1 is 1.38 bits per heavy atom. The molecule has 1 atom stereocenters. The van der Waals surface area contributed by atoms with Crippen LogP contribution in [0.3, 0.4) is 0 Å². The quantitative estimate of drug-likeness (QED) is 0.869. The minimum Gasteiger partial charge on any atom is -0.494 e. The van der Waals surface area contributed by atoms with Gasteiger partial charge in [0.25, 0.3) is 5.91 Å². The molecule has 1 fully saturated rings. The van der Waals surface area contributed by atoms with Crippen LogP contribution in [0.4, 0.5) is 0 Å². The number of aryl methyl sites for hydroxylation is 1. The molecule has 3 rings (SSSR count). The third-order valence-electron chi connectivity index (χ3n) is 4.69. The Kier molecular flexibility index (Phi) is 7.06. The van der Waals surface area contributed by atoms with E-state index >= 15 is 0 Å². The van der Waals surface area contributed by atoms with E-state index in [1.54, 1.807) is 17.9 Å². The summed E-state index contributed by atoms with van der Waals surface area (Å²) < 4.78 is 7.14. The number of piperidine rings is 1. The zero-order valence-electron chi connectivity index (χ0n) is 15.6. The van der Waals surface area contributed by atoms with Gasteiger partial charge in [-0.1, -0.05) is 6.07 Å². The first-order chi connectivity index (χ1) is 12.1. The van der Waals surface area contributed by atoms with E-state index in [4.69, 9.17) is 4.74 Å². The first-order valence-corrected chi connectivity index (χ1v) is 8.77. The molecule has 1 saturated heterocycles. The monoisotopic (exact) mass is 378 g/mol. The molecule has 1 unspecified atom stereocenters. The smallest absolute Gasteiger partial charge is 0.274 e. The largest absolute Gasteiger partial charge is 0.494 e. The molecule has 0 bridgehead atoms. The van der Waals surface area contributed by atoms with Crippen molar-refractivity contribution in [3.8, 4) is 11.4 Å². The van der Waals surface area contributed by atoms with Crippen LogP contribution in [0.15, 0.2) is 30.5 Å². The van der Waals surface area contributed by atoms with Crippen molar-refractivity contribution >= 4 is 18.3 Å². The van der Waals surface area contributed by atoms with E-state index in [1.165, 1.54) is 6.42 Å². The first kappa shape index (κ1) is 20.3. The van der Waals surface area contributed by atoms with E-state index in [0.717, 1.165) is 43.1 Å². The molecule has 1 amide bonds. The van der Waals surface area contributed by atoms with Gasteiger partial charge in [0.05, 0.1) is 7.11 Å². The summed E-state index contributed by atoms with van der Waals surface area (Å²) in [5.41, 5.74) is 2.44. The van der Waals surface area contributed by atoms with Gasteiger partial charge in [-0.05, 0) is 63.0 Å². The predicted molar refractivity (Wildman–Crippen MR) is 105 cm³/mol. The van der Waals surface area contributed by atoms with Gasteiger partial charge in [-0.3, -0.25) is 4.79 Å². The standard InChI is InChI=1S/C19H26N4O2.ClH/c1-14-6-7-18(25-3)17(11-14)23-10-8-16(21-23)19(24)22-9-4-5-15(13-22)12-20-2;/h6-8,10-11,15,20H,4-5,9,12-13H2,1-3H3;1H.